The largest absolute Gasteiger partial charge is 0.355 e. The van der Waals surface area contributed by atoms with Crippen molar-refractivity contribution in [1.82, 2.24) is 24.8 Å². The molecule has 0 radical (unpaired) electrons. The number of benzene rings is 1. The molecule has 0 saturated heterocycles. The van der Waals surface area contributed by atoms with Crippen molar-refractivity contribution >= 4 is 28.0 Å². The van der Waals surface area contributed by atoms with Crippen LogP contribution < -0.4 is 5.32 Å². The molecular weight excluding hydrogens is 290 g/mol. The van der Waals surface area contributed by atoms with Gasteiger partial charge in [-0.2, -0.15) is 0 Å². The normalized spacial score (nSPS) is 11.2. The average molecular weight is 305 g/mol. The Bertz CT molecular complexity index is 1040. The number of aromatic amines is 1. The van der Waals surface area contributed by atoms with Crippen molar-refractivity contribution in [2.24, 2.45) is 7.05 Å². The molecule has 0 aliphatic rings. The third-order valence-electron chi connectivity index (χ3n) is 4.02. The monoisotopic (exact) mass is 305 g/mol. The Hall–Kier alpha value is -3.15. The fourth-order valence-electron chi connectivity index (χ4n) is 2.84. The van der Waals surface area contributed by atoms with E-state index in [1.807, 2.05) is 48.3 Å². The van der Waals surface area contributed by atoms with E-state index in [0.29, 0.717) is 5.56 Å². The van der Waals surface area contributed by atoms with E-state index in [-0.39, 0.29) is 5.91 Å². The van der Waals surface area contributed by atoms with Crippen LogP contribution in [0.2, 0.25) is 0 Å². The molecule has 114 valence electrons. The van der Waals surface area contributed by atoms with Crippen LogP contribution in [0, 0.1) is 0 Å². The first-order valence-electron chi connectivity index (χ1n) is 7.29. The molecule has 4 aromatic rings. The lowest BCUT2D eigenvalue weighted by atomic mass is 10.1. The zero-order valence-corrected chi connectivity index (χ0v) is 12.8. The number of H-pyrrole nitrogens is 1. The predicted molar refractivity (Wildman–Crippen MR) is 89.2 cm³/mol. The van der Waals surface area contributed by atoms with Gasteiger partial charge in [0, 0.05) is 48.5 Å². The van der Waals surface area contributed by atoms with Crippen LogP contribution >= 0.6 is 0 Å². The number of hydrogen-bond donors (Lipinski definition) is 2. The van der Waals surface area contributed by atoms with Crippen LogP contribution in [0.5, 0.6) is 0 Å². The van der Waals surface area contributed by atoms with Gasteiger partial charge in [0.05, 0.1) is 11.9 Å². The molecule has 4 rings (SSSR count). The maximum Gasteiger partial charge on any atom is 0.251 e. The van der Waals surface area contributed by atoms with Gasteiger partial charge in [0.15, 0.2) is 5.65 Å². The molecule has 0 spiro atoms. The predicted octanol–water partition coefficient (Wildman–Crippen LogP) is 2.48. The first-order valence-corrected chi connectivity index (χ1v) is 7.29. The molecule has 0 aliphatic carbocycles. The Morgan fingerprint density at radius 2 is 2.17 bits per heavy atom. The van der Waals surface area contributed by atoms with Gasteiger partial charge < -0.3 is 14.9 Å². The summed E-state index contributed by atoms with van der Waals surface area (Å²) in [6.45, 7) is 0. The van der Waals surface area contributed by atoms with Crippen molar-refractivity contribution in [3.05, 3.63) is 48.4 Å². The Morgan fingerprint density at radius 1 is 1.30 bits per heavy atom. The van der Waals surface area contributed by atoms with Crippen molar-refractivity contribution in [2.75, 3.05) is 7.05 Å². The van der Waals surface area contributed by atoms with E-state index in [1.165, 1.54) is 0 Å². The first kappa shape index (κ1) is 13.5. The minimum atomic E-state index is -0.103. The van der Waals surface area contributed by atoms with E-state index in [9.17, 15) is 4.79 Å². The number of amides is 1. The topological polar surface area (TPSA) is 75.6 Å². The maximum atomic E-state index is 11.9. The highest BCUT2D eigenvalue weighted by molar-refractivity contribution is 6.02. The van der Waals surface area contributed by atoms with Gasteiger partial charge in [0.1, 0.15) is 5.52 Å². The number of fused-ring (bicyclic) bond motifs is 2. The van der Waals surface area contributed by atoms with E-state index in [0.717, 1.165) is 33.3 Å². The van der Waals surface area contributed by atoms with Gasteiger partial charge in [-0.05, 0) is 24.3 Å². The second-order valence-corrected chi connectivity index (χ2v) is 5.43. The van der Waals surface area contributed by atoms with Crippen molar-refractivity contribution in [3.8, 4) is 11.3 Å². The lowest BCUT2D eigenvalue weighted by molar-refractivity contribution is 0.0963. The molecule has 0 bridgehead atoms. The lowest BCUT2D eigenvalue weighted by Gasteiger charge is -2.02. The van der Waals surface area contributed by atoms with E-state index < -0.39 is 0 Å². The molecule has 23 heavy (non-hydrogen) atoms. The third kappa shape index (κ3) is 2.07. The quantitative estimate of drug-likeness (QED) is 0.597. The van der Waals surface area contributed by atoms with E-state index in [2.05, 4.69) is 20.3 Å². The lowest BCUT2D eigenvalue weighted by Crippen LogP contribution is -2.17. The van der Waals surface area contributed by atoms with Crippen molar-refractivity contribution in [3.63, 3.8) is 0 Å². The number of carbonyl (C=O) groups excluding carboxylic acids is 1. The number of nitrogens with one attached hydrogen (secondary N) is 2. The standard InChI is InChI=1S/C17H15N5O/c1-18-17(23)10-3-4-15-11(7-10)12(9-22(15)2)14-8-20-16-13(21-14)5-6-19-16/h3-9H,1-2H3,(H,18,23)(H,19,20). The second kappa shape index (κ2) is 4.95. The van der Waals surface area contributed by atoms with Gasteiger partial charge in [-0.1, -0.05) is 0 Å². The first-order chi connectivity index (χ1) is 11.2. The fraction of sp³-hybridized carbons (Fsp3) is 0.118. The van der Waals surface area contributed by atoms with Gasteiger partial charge in [0.2, 0.25) is 0 Å². The molecular formula is C17H15N5O. The fourth-order valence-corrected chi connectivity index (χ4v) is 2.84. The number of nitrogens with zero attached hydrogens (tertiary/aromatic N) is 3. The molecule has 6 heteroatoms. The summed E-state index contributed by atoms with van der Waals surface area (Å²) in [7, 11) is 3.61. The second-order valence-electron chi connectivity index (χ2n) is 5.43. The van der Waals surface area contributed by atoms with Gasteiger partial charge in [-0.15, -0.1) is 0 Å². The minimum absolute atomic E-state index is 0.103. The van der Waals surface area contributed by atoms with Crippen molar-refractivity contribution in [1.29, 1.82) is 0 Å². The summed E-state index contributed by atoms with van der Waals surface area (Å²) in [4.78, 5) is 24.0. The van der Waals surface area contributed by atoms with Crippen molar-refractivity contribution in [2.45, 2.75) is 0 Å². The number of rotatable bonds is 2. The SMILES string of the molecule is CNC(=O)c1ccc2c(c1)c(-c1cnc3[nH]ccc3n1)cn2C. The molecule has 0 aliphatic heterocycles. The molecule has 1 amide bonds. The van der Waals surface area contributed by atoms with Crippen LogP contribution in [0.25, 0.3) is 33.3 Å². The Balaban J connectivity index is 1.96. The van der Waals surface area contributed by atoms with Gasteiger partial charge in [0.25, 0.3) is 5.91 Å². The van der Waals surface area contributed by atoms with E-state index >= 15 is 0 Å². The number of carbonyl (C=O) groups is 1. The maximum absolute atomic E-state index is 11.9. The summed E-state index contributed by atoms with van der Waals surface area (Å²) >= 11 is 0. The molecule has 3 heterocycles. The molecule has 1 aromatic carbocycles. The highest BCUT2D eigenvalue weighted by atomic mass is 16.1. The highest BCUT2D eigenvalue weighted by Gasteiger charge is 2.13. The van der Waals surface area contributed by atoms with Gasteiger partial charge in [-0.3, -0.25) is 4.79 Å². The summed E-state index contributed by atoms with van der Waals surface area (Å²) in [6.07, 6.45) is 5.59. The minimum Gasteiger partial charge on any atom is -0.355 e. The van der Waals surface area contributed by atoms with Crippen LogP contribution in [-0.2, 0) is 7.05 Å². The molecule has 3 aromatic heterocycles. The third-order valence-corrected chi connectivity index (χ3v) is 4.02. The van der Waals surface area contributed by atoms with Crippen LogP contribution in [0.1, 0.15) is 10.4 Å². The number of aromatic nitrogens is 4. The smallest absolute Gasteiger partial charge is 0.251 e. The van der Waals surface area contributed by atoms with Crippen LogP contribution in [0.15, 0.2) is 42.9 Å². The highest BCUT2D eigenvalue weighted by Crippen LogP contribution is 2.30. The summed E-state index contributed by atoms with van der Waals surface area (Å²) in [5, 5.41) is 3.64. The summed E-state index contributed by atoms with van der Waals surface area (Å²) in [5.74, 6) is -0.103. The average Bonchev–Trinajstić information content (AvgIpc) is 3.17. The number of aryl methyl sites for hydroxylation is 1. The molecule has 0 atom stereocenters. The van der Waals surface area contributed by atoms with Crippen molar-refractivity contribution < 1.29 is 4.79 Å². The molecule has 0 fully saturated rings. The Labute approximate surface area is 132 Å². The van der Waals surface area contributed by atoms with E-state index in [4.69, 9.17) is 0 Å². The van der Waals surface area contributed by atoms with Crippen LogP contribution in [0.4, 0.5) is 0 Å². The Morgan fingerprint density at radius 3 is 3.00 bits per heavy atom. The zero-order chi connectivity index (χ0) is 16.0. The molecule has 0 saturated carbocycles. The molecule has 0 unspecified atom stereocenters. The van der Waals surface area contributed by atoms with Crippen LogP contribution in [0.3, 0.4) is 0 Å². The van der Waals surface area contributed by atoms with Crippen LogP contribution in [-0.4, -0.2) is 32.5 Å². The van der Waals surface area contributed by atoms with E-state index in [1.54, 1.807) is 13.2 Å². The summed E-state index contributed by atoms with van der Waals surface area (Å²) in [6, 6.07) is 7.57. The molecule has 6 nitrogen and oxygen atoms in total. The Kier molecular flexibility index (Phi) is 2.90. The molecule has 2 N–H and O–H groups in total. The van der Waals surface area contributed by atoms with Gasteiger partial charge in [-0.25, -0.2) is 9.97 Å². The summed E-state index contributed by atoms with van der Waals surface area (Å²) < 4.78 is 2.03. The number of hydrogen-bond acceptors (Lipinski definition) is 3. The zero-order valence-electron chi connectivity index (χ0n) is 12.8. The summed E-state index contributed by atoms with van der Waals surface area (Å²) in [5.41, 5.74) is 5.01. The van der Waals surface area contributed by atoms with Gasteiger partial charge >= 0.3 is 0 Å².